The summed E-state index contributed by atoms with van der Waals surface area (Å²) in [7, 11) is 0. The van der Waals surface area contributed by atoms with Gasteiger partial charge in [-0.1, -0.05) is 5.11 Å². The fraction of sp³-hybridized carbons (Fsp3) is 0.385. The molecule has 2 aromatic rings. The van der Waals surface area contributed by atoms with E-state index in [-0.39, 0.29) is 12.3 Å². The summed E-state index contributed by atoms with van der Waals surface area (Å²) < 4.78 is 1.87. The number of hydrogen-bond donors (Lipinski definition) is 0. The van der Waals surface area contributed by atoms with Crippen LogP contribution >= 0.6 is 0 Å². The molecular formula is C13H13N5O. The van der Waals surface area contributed by atoms with Crippen LogP contribution in [0.3, 0.4) is 0 Å². The quantitative estimate of drug-likeness (QED) is 0.363. The first-order valence-corrected chi connectivity index (χ1v) is 6.22. The molecule has 0 unspecified atom stereocenters. The van der Waals surface area contributed by atoms with E-state index in [4.69, 9.17) is 5.53 Å². The number of pyridine rings is 1. The minimum atomic E-state index is 0.00781. The third kappa shape index (κ3) is 2.18. The fourth-order valence-electron chi connectivity index (χ4n) is 2.25. The summed E-state index contributed by atoms with van der Waals surface area (Å²) in [6, 6.07) is 1.94. The molecule has 2 aromatic heterocycles. The number of ketones is 1. The predicted octanol–water partition coefficient (Wildman–Crippen LogP) is 3.22. The Kier molecular flexibility index (Phi) is 2.72. The molecular weight excluding hydrogens is 242 g/mol. The van der Waals surface area contributed by atoms with Gasteiger partial charge in [0.1, 0.15) is 5.65 Å². The summed E-state index contributed by atoms with van der Waals surface area (Å²) in [4.78, 5) is 18.8. The monoisotopic (exact) mass is 255 g/mol. The summed E-state index contributed by atoms with van der Waals surface area (Å²) in [6.07, 6.45) is 6.21. The molecule has 1 aliphatic rings. The van der Waals surface area contributed by atoms with E-state index < -0.39 is 0 Å². The molecule has 6 heteroatoms. The van der Waals surface area contributed by atoms with E-state index in [1.807, 2.05) is 22.9 Å². The topological polar surface area (TPSA) is 83.1 Å². The van der Waals surface area contributed by atoms with Gasteiger partial charge in [-0.2, -0.15) is 0 Å². The second-order valence-corrected chi connectivity index (χ2v) is 4.87. The minimum Gasteiger partial charge on any atom is -0.306 e. The van der Waals surface area contributed by atoms with Crippen LogP contribution in [0.25, 0.3) is 16.1 Å². The van der Waals surface area contributed by atoms with Crippen molar-refractivity contribution in [1.29, 1.82) is 0 Å². The molecule has 0 radical (unpaired) electrons. The Morgan fingerprint density at radius 1 is 1.58 bits per heavy atom. The van der Waals surface area contributed by atoms with E-state index in [2.05, 4.69) is 15.0 Å². The second-order valence-electron chi connectivity index (χ2n) is 4.87. The minimum absolute atomic E-state index is 0.00781. The van der Waals surface area contributed by atoms with Crippen LogP contribution in [-0.4, -0.2) is 15.2 Å². The number of hydrogen-bond acceptors (Lipinski definition) is 3. The van der Waals surface area contributed by atoms with Crippen molar-refractivity contribution in [3.63, 3.8) is 0 Å². The molecule has 0 spiro atoms. The van der Waals surface area contributed by atoms with Gasteiger partial charge >= 0.3 is 0 Å². The number of carbonyl (C=O) groups is 1. The average Bonchev–Trinajstić information content (AvgIpc) is 3.15. The molecule has 3 rings (SSSR count). The molecule has 96 valence electrons. The van der Waals surface area contributed by atoms with Crippen molar-refractivity contribution < 1.29 is 4.79 Å². The van der Waals surface area contributed by atoms with Gasteiger partial charge in [0.05, 0.1) is 17.8 Å². The van der Waals surface area contributed by atoms with Crippen LogP contribution in [0.15, 0.2) is 23.6 Å². The number of rotatable bonds is 4. The molecule has 19 heavy (non-hydrogen) atoms. The maximum atomic E-state index is 11.7. The molecule has 0 aromatic carbocycles. The Labute approximate surface area is 109 Å². The number of aromatic nitrogens is 2. The summed E-state index contributed by atoms with van der Waals surface area (Å²) in [6.45, 7) is 1.75. The van der Waals surface area contributed by atoms with Gasteiger partial charge in [0.2, 0.25) is 0 Å². The first-order chi connectivity index (χ1) is 9.19. The van der Waals surface area contributed by atoms with Crippen molar-refractivity contribution in [3.05, 3.63) is 45.7 Å². The number of Topliss-reactive ketones (excluding diaryl/α,β-unsaturated/α-hetero) is 1. The Balaban J connectivity index is 2.15. The zero-order valence-corrected chi connectivity index (χ0v) is 10.6. The molecule has 0 aliphatic heterocycles. The highest BCUT2D eigenvalue weighted by Crippen LogP contribution is 2.40. The van der Waals surface area contributed by atoms with Crippen molar-refractivity contribution in [2.45, 2.75) is 32.2 Å². The molecule has 1 fully saturated rings. The number of imidazole rings is 1. The standard InChI is InChI=1S/C13H13N5O/c1-8(19)12-4-10(9-2-3-9)6-18-7-11(5-15-17-14)16-13(12)18/h4,6-7,9H,2-3,5H2,1H3. The smallest absolute Gasteiger partial charge is 0.163 e. The number of carbonyl (C=O) groups excluding carboxylic acids is 1. The highest BCUT2D eigenvalue weighted by Gasteiger charge is 2.25. The largest absolute Gasteiger partial charge is 0.306 e. The first-order valence-electron chi connectivity index (χ1n) is 6.22. The van der Waals surface area contributed by atoms with Gasteiger partial charge in [-0.3, -0.25) is 4.79 Å². The third-order valence-electron chi connectivity index (χ3n) is 3.35. The number of fused-ring (bicyclic) bond motifs is 1. The van der Waals surface area contributed by atoms with Crippen LogP contribution < -0.4 is 0 Å². The summed E-state index contributed by atoms with van der Waals surface area (Å²) in [5.41, 5.74) is 11.5. The molecule has 0 saturated heterocycles. The summed E-state index contributed by atoms with van der Waals surface area (Å²) in [5, 5.41) is 3.50. The highest BCUT2D eigenvalue weighted by molar-refractivity contribution is 6.00. The molecule has 2 heterocycles. The van der Waals surface area contributed by atoms with Crippen LogP contribution in [0.4, 0.5) is 0 Å². The Hall–Kier alpha value is -2.33. The highest BCUT2D eigenvalue weighted by atomic mass is 16.1. The Morgan fingerprint density at radius 3 is 3.00 bits per heavy atom. The van der Waals surface area contributed by atoms with E-state index >= 15 is 0 Å². The van der Waals surface area contributed by atoms with Crippen LogP contribution in [0, 0.1) is 0 Å². The molecule has 1 aliphatic carbocycles. The van der Waals surface area contributed by atoms with Crippen molar-refractivity contribution >= 4 is 11.4 Å². The van der Waals surface area contributed by atoms with E-state index in [9.17, 15) is 4.79 Å². The van der Waals surface area contributed by atoms with Crippen LogP contribution in [0.2, 0.25) is 0 Å². The maximum Gasteiger partial charge on any atom is 0.163 e. The average molecular weight is 255 g/mol. The predicted molar refractivity (Wildman–Crippen MR) is 70.0 cm³/mol. The van der Waals surface area contributed by atoms with Crippen LogP contribution in [-0.2, 0) is 6.54 Å². The number of nitrogens with zero attached hydrogens (tertiary/aromatic N) is 5. The fourth-order valence-corrected chi connectivity index (χ4v) is 2.25. The van der Waals surface area contributed by atoms with Gasteiger partial charge in [0, 0.05) is 17.3 Å². The van der Waals surface area contributed by atoms with Crippen molar-refractivity contribution in [2.24, 2.45) is 5.11 Å². The molecule has 0 N–H and O–H groups in total. The lowest BCUT2D eigenvalue weighted by Gasteiger charge is -2.04. The molecule has 0 bridgehead atoms. The SMILES string of the molecule is CC(=O)c1cc(C2CC2)cn2cc(CN=[N+]=[N-])nc12. The Bertz CT molecular complexity index is 707. The van der Waals surface area contributed by atoms with Gasteiger partial charge in [0.15, 0.2) is 5.78 Å². The van der Waals surface area contributed by atoms with Gasteiger partial charge in [-0.05, 0) is 42.8 Å². The lowest BCUT2D eigenvalue weighted by molar-refractivity contribution is 0.101. The summed E-state index contributed by atoms with van der Waals surface area (Å²) >= 11 is 0. The molecule has 0 atom stereocenters. The van der Waals surface area contributed by atoms with Gasteiger partial charge in [-0.15, -0.1) is 0 Å². The van der Waals surface area contributed by atoms with Crippen molar-refractivity contribution in [2.75, 3.05) is 0 Å². The van der Waals surface area contributed by atoms with Gasteiger partial charge < -0.3 is 4.40 Å². The molecule has 1 saturated carbocycles. The lowest BCUT2D eigenvalue weighted by Crippen LogP contribution is -2.00. The number of azide groups is 1. The second kappa shape index (κ2) is 4.40. The van der Waals surface area contributed by atoms with Crippen molar-refractivity contribution in [1.82, 2.24) is 9.38 Å². The van der Waals surface area contributed by atoms with Crippen LogP contribution in [0.1, 0.15) is 47.3 Å². The van der Waals surface area contributed by atoms with Gasteiger partial charge in [0.25, 0.3) is 0 Å². The normalized spacial score (nSPS) is 14.4. The maximum absolute atomic E-state index is 11.7. The van der Waals surface area contributed by atoms with Crippen molar-refractivity contribution in [3.8, 4) is 0 Å². The summed E-state index contributed by atoms with van der Waals surface area (Å²) in [5.74, 6) is 0.582. The zero-order chi connectivity index (χ0) is 13.4. The molecule has 6 nitrogen and oxygen atoms in total. The van der Waals surface area contributed by atoms with E-state index in [1.54, 1.807) is 6.92 Å². The lowest BCUT2D eigenvalue weighted by atomic mass is 10.1. The van der Waals surface area contributed by atoms with E-state index in [0.29, 0.717) is 22.8 Å². The van der Waals surface area contributed by atoms with E-state index in [0.717, 1.165) is 0 Å². The third-order valence-corrected chi connectivity index (χ3v) is 3.35. The van der Waals surface area contributed by atoms with E-state index in [1.165, 1.54) is 18.4 Å². The molecule has 0 amide bonds. The van der Waals surface area contributed by atoms with Crippen LogP contribution in [0.5, 0.6) is 0 Å². The first kappa shape index (κ1) is 11.7. The Morgan fingerprint density at radius 2 is 2.37 bits per heavy atom. The van der Waals surface area contributed by atoms with Gasteiger partial charge in [-0.25, -0.2) is 4.98 Å². The zero-order valence-electron chi connectivity index (χ0n) is 10.6.